The maximum atomic E-state index is 11.7. The van der Waals surface area contributed by atoms with Crippen LogP contribution in [-0.4, -0.2) is 43.1 Å². The Bertz CT molecular complexity index is 708. The highest BCUT2D eigenvalue weighted by atomic mass is 35.5. The van der Waals surface area contributed by atoms with Gasteiger partial charge in [0, 0.05) is 25.3 Å². The second kappa shape index (κ2) is 9.72. The van der Waals surface area contributed by atoms with Crippen molar-refractivity contribution >= 4 is 29.2 Å². The van der Waals surface area contributed by atoms with Crippen LogP contribution < -0.4 is 0 Å². The molecule has 25 heavy (non-hydrogen) atoms. The molecule has 1 atom stereocenters. The highest BCUT2D eigenvalue weighted by Crippen LogP contribution is 2.30. The fraction of sp³-hybridized carbons (Fsp3) is 0.438. The Labute approximate surface area is 155 Å². The van der Waals surface area contributed by atoms with E-state index in [-0.39, 0.29) is 18.4 Å². The highest BCUT2D eigenvalue weighted by molar-refractivity contribution is 6.36. The van der Waals surface area contributed by atoms with Crippen LogP contribution in [0.3, 0.4) is 0 Å². The molecule has 2 aromatic rings. The molecule has 0 fully saturated rings. The van der Waals surface area contributed by atoms with Gasteiger partial charge in [0.25, 0.3) is 5.89 Å². The maximum absolute atomic E-state index is 11.7. The first kappa shape index (κ1) is 19.7. The molecule has 0 saturated carbocycles. The number of esters is 1. The number of rotatable bonds is 9. The van der Waals surface area contributed by atoms with Crippen LogP contribution in [0, 0.1) is 0 Å². The molecule has 0 N–H and O–H groups in total. The van der Waals surface area contributed by atoms with Crippen LogP contribution in [0.25, 0.3) is 11.5 Å². The molecule has 1 unspecified atom stereocenters. The van der Waals surface area contributed by atoms with Crippen molar-refractivity contribution in [2.45, 2.75) is 19.4 Å². The molecule has 0 saturated heterocycles. The number of methoxy groups -OCH3 is 1. The summed E-state index contributed by atoms with van der Waals surface area (Å²) >= 11 is 12.0. The van der Waals surface area contributed by atoms with Gasteiger partial charge >= 0.3 is 5.97 Å². The summed E-state index contributed by atoms with van der Waals surface area (Å²) in [6.45, 7) is 2.46. The Morgan fingerprint density at radius 2 is 2.08 bits per heavy atom. The van der Waals surface area contributed by atoms with Gasteiger partial charge < -0.3 is 18.6 Å². The minimum absolute atomic E-state index is 0.155. The average molecular weight is 389 g/mol. The monoisotopic (exact) mass is 388 g/mol. The third kappa shape index (κ3) is 5.97. The number of nitrogens with zero attached hydrogens (tertiary/aromatic N) is 2. The van der Waals surface area contributed by atoms with Crippen molar-refractivity contribution in [2.75, 3.05) is 26.9 Å². The van der Waals surface area contributed by atoms with Gasteiger partial charge in [0.15, 0.2) is 6.10 Å². The van der Waals surface area contributed by atoms with E-state index in [1.165, 1.54) is 0 Å². The molecule has 1 aromatic heterocycles. The van der Waals surface area contributed by atoms with E-state index >= 15 is 0 Å². The van der Waals surface area contributed by atoms with Crippen LogP contribution in [0.2, 0.25) is 10.0 Å². The van der Waals surface area contributed by atoms with Gasteiger partial charge in [-0.25, -0.2) is 4.79 Å². The van der Waals surface area contributed by atoms with E-state index in [1.807, 2.05) is 0 Å². The summed E-state index contributed by atoms with van der Waals surface area (Å²) < 4.78 is 20.8. The van der Waals surface area contributed by atoms with E-state index in [1.54, 1.807) is 32.2 Å². The third-order valence-corrected chi connectivity index (χ3v) is 3.66. The second-order valence-electron chi connectivity index (χ2n) is 5.10. The van der Waals surface area contributed by atoms with Gasteiger partial charge in [-0.3, -0.25) is 0 Å². The second-order valence-corrected chi connectivity index (χ2v) is 5.94. The fourth-order valence-corrected chi connectivity index (χ4v) is 2.40. The van der Waals surface area contributed by atoms with Gasteiger partial charge in [0.05, 0.1) is 10.6 Å². The lowest BCUT2D eigenvalue weighted by Crippen LogP contribution is -2.16. The van der Waals surface area contributed by atoms with E-state index in [0.29, 0.717) is 35.2 Å². The summed E-state index contributed by atoms with van der Waals surface area (Å²) in [6, 6.07) is 4.91. The third-order valence-electron chi connectivity index (χ3n) is 3.12. The van der Waals surface area contributed by atoms with Crippen LogP contribution in [0.4, 0.5) is 0 Å². The van der Waals surface area contributed by atoms with Crippen LogP contribution >= 0.6 is 23.2 Å². The van der Waals surface area contributed by atoms with Crippen LogP contribution in [0.1, 0.15) is 25.3 Å². The topological polar surface area (TPSA) is 83.7 Å². The van der Waals surface area contributed by atoms with Gasteiger partial charge in [-0.05, 0) is 31.5 Å². The van der Waals surface area contributed by atoms with Crippen molar-refractivity contribution in [1.29, 1.82) is 0 Å². The zero-order valence-corrected chi connectivity index (χ0v) is 15.3. The highest BCUT2D eigenvalue weighted by Gasteiger charge is 2.20. The van der Waals surface area contributed by atoms with E-state index in [0.717, 1.165) is 0 Å². The molecule has 1 aromatic carbocycles. The molecule has 0 bridgehead atoms. The van der Waals surface area contributed by atoms with E-state index in [2.05, 4.69) is 10.2 Å². The van der Waals surface area contributed by atoms with E-state index in [9.17, 15) is 4.79 Å². The Morgan fingerprint density at radius 3 is 2.80 bits per heavy atom. The van der Waals surface area contributed by atoms with Crippen LogP contribution in [0.15, 0.2) is 22.6 Å². The summed E-state index contributed by atoms with van der Waals surface area (Å²) in [6.07, 6.45) is -0.00353. The van der Waals surface area contributed by atoms with Gasteiger partial charge in [0.1, 0.15) is 6.61 Å². The summed E-state index contributed by atoms with van der Waals surface area (Å²) in [5, 5.41) is 8.69. The first-order valence-corrected chi connectivity index (χ1v) is 8.32. The standard InChI is InChI=1S/C16H18Cl2N2O5/c1-10(24-14(21)9-23-7-3-6-22-2)15-19-20-16(25-15)12-5-4-11(17)8-13(12)18/h4-5,8,10H,3,6-7,9H2,1-2H3. The fourth-order valence-electron chi connectivity index (χ4n) is 1.91. The zero-order chi connectivity index (χ0) is 18.2. The summed E-state index contributed by atoms with van der Waals surface area (Å²) in [7, 11) is 1.60. The minimum atomic E-state index is -0.706. The van der Waals surface area contributed by atoms with Gasteiger partial charge in [0.2, 0.25) is 5.89 Å². The molecule has 1 heterocycles. The van der Waals surface area contributed by atoms with Crippen molar-refractivity contribution in [1.82, 2.24) is 10.2 Å². The number of benzene rings is 1. The quantitative estimate of drug-likeness (QED) is 0.478. The summed E-state index contributed by atoms with van der Waals surface area (Å²) in [4.78, 5) is 11.7. The molecule has 136 valence electrons. The van der Waals surface area contributed by atoms with E-state index in [4.69, 9.17) is 41.8 Å². The molecular weight excluding hydrogens is 371 g/mol. The van der Waals surface area contributed by atoms with Crippen molar-refractivity contribution in [3.8, 4) is 11.5 Å². The van der Waals surface area contributed by atoms with E-state index < -0.39 is 12.1 Å². The SMILES string of the molecule is COCCCOCC(=O)OC(C)c1nnc(-c2ccc(Cl)cc2Cl)o1. The number of carbonyl (C=O) groups is 1. The van der Waals surface area contributed by atoms with Crippen LogP contribution in [0.5, 0.6) is 0 Å². The molecular formula is C16H18Cl2N2O5. The van der Waals surface area contributed by atoms with Crippen molar-refractivity contribution in [3.63, 3.8) is 0 Å². The van der Waals surface area contributed by atoms with Gasteiger partial charge in [-0.1, -0.05) is 23.2 Å². The minimum Gasteiger partial charge on any atom is -0.451 e. The number of aromatic nitrogens is 2. The van der Waals surface area contributed by atoms with Crippen molar-refractivity contribution < 1.29 is 23.4 Å². The Morgan fingerprint density at radius 1 is 1.28 bits per heavy atom. The van der Waals surface area contributed by atoms with Crippen molar-refractivity contribution in [3.05, 3.63) is 34.1 Å². The Balaban J connectivity index is 1.89. The zero-order valence-electron chi connectivity index (χ0n) is 13.8. The predicted octanol–water partition coefficient (Wildman–Crippen LogP) is 3.70. The summed E-state index contributed by atoms with van der Waals surface area (Å²) in [5.74, 6) is -0.140. The Kier molecular flexibility index (Phi) is 7.64. The predicted molar refractivity (Wildman–Crippen MR) is 91.6 cm³/mol. The average Bonchev–Trinajstić information content (AvgIpc) is 3.04. The molecule has 0 spiro atoms. The first-order chi connectivity index (χ1) is 12.0. The lowest BCUT2D eigenvalue weighted by Gasteiger charge is -2.09. The van der Waals surface area contributed by atoms with Gasteiger partial charge in [-0.2, -0.15) is 0 Å². The molecule has 2 rings (SSSR count). The number of hydrogen-bond donors (Lipinski definition) is 0. The molecule has 0 amide bonds. The Hall–Kier alpha value is -1.67. The molecule has 7 nitrogen and oxygen atoms in total. The molecule has 9 heteroatoms. The smallest absolute Gasteiger partial charge is 0.332 e. The van der Waals surface area contributed by atoms with Crippen LogP contribution in [-0.2, 0) is 19.0 Å². The molecule has 0 aliphatic heterocycles. The number of halogens is 2. The molecule has 0 aliphatic rings. The number of hydrogen-bond acceptors (Lipinski definition) is 7. The summed E-state index contributed by atoms with van der Waals surface area (Å²) in [5.41, 5.74) is 0.546. The number of ether oxygens (including phenoxy) is 3. The largest absolute Gasteiger partial charge is 0.451 e. The lowest BCUT2D eigenvalue weighted by atomic mass is 10.2. The maximum Gasteiger partial charge on any atom is 0.332 e. The van der Waals surface area contributed by atoms with Gasteiger partial charge in [-0.15, -0.1) is 10.2 Å². The lowest BCUT2D eigenvalue weighted by molar-refractivity contribution is -0.155. The first-order valence-electron chi connectivity index (χ1n) is 7.56. The normalized spacial score (nSPS) is 12.2. The molecule has 0 radical (unpaired) electrons. The van der Waals surface area contributed by atoms with Crippen molar-refractivity contribution in [2.24, 2.45) is 0 Å². The molecule has 0 aliphatic carbocycles. The number of carbonyl (C=O) groups excluding carboxylic acids is 1.